The van der Waals surface area contributed by atoms with Crippen molar-refractivity contribution in [2.45, 2.75) is 11.8 Å². The quantitative estimate of drug-likeness (QED) is 0.322. The maximum Gasteiger partial charge on any atom is 0.341 e. The topological polar surface area (TPSA) is 121 Å². The van der Waals surface area contributed by atoms with Crippen LogP contribution in [0.2, 0.25) is 0 Å². The highest BCUT2D eigenvalue weighted by Crippen LogP contribution is 2.18. The molecular formula is C18H15FN4O5S. The Morgan fingerprint density at radius 2 is 1.72 bits per heavy atom. The van der Waals surface area contributed by atoms with Gasteiger partial charge in [0.1, 0.15) is 19.0 Å². The Bertz CT molecular complexity index is 1110. The fourth-order valence-corrected chi connectivity index (χ4v) is 3.16. The van der Waals surface area contributed by atoms with Gasteiger partial charge in [-0.05, 0) is 37.3 Å². The number of rotatable bonds is 7. The molecule has 0 aliphatic rings. The second-order valence-corrected chi connectivity index (χ2v) is 7.41. The number of ether oxygens (including phenoxy) is 1. The number of carbonyl (C=O) groups excluding carboxylic acids is 1. The fourth-order valence-electron chi connectivity index (χ4n) is 2.27. The lowest BCUT2D eigenvalue weighted by molar-refractivity contribution is 0.0448. The number of carbonyl (C=O) groups is 1. The molecule has 1 heterocycles. The first-order valence-corrected chi connectivity index (χ1v) is 9.71. The number of aryl methyl sites for hydroxylation is 1. The van der Waals surface area contributed by atoms with Crippen LogP contribution in [0.15, 0.2) is 53.7 Å². The number of hydrogen-bond donors (Lipinski definition) is 0. The van der Waals surface area contributed by atoms with Gasteiger partial charge in [-0.2, -0.15) is 8.42 Å². The Morgan fingerprint density at radius 3 is 2.38 bits per heavy atom. The van der Waals surface area contributed by atoms with Crippen LogP contribution in [0.3, 0.4) is 0 Å². The smallest absolute Gasteiger partial charge is 0.341 e. The molecule has 3 aromatic rings. The summed E-state index contributed by atoms with van der Waals surface area (Å²) < 4.78 is 48.0. The highest BCUT2D eigenvalue weighted by atomic mass is 32.2. The average Bonchev–Trinajstić information content (AvgIpc) is 2.72. The minimum atomic E-state index is -3.98. The highest BCUT2D eigenvalue weighted by Gasteiger charge is 2.17. The van der Waals surface area contributed by atoms with E-state index in [9.17, 15) is 17.6 Å². The summed E-state index contributed by atoms with van der Waals surface area (Å²) in [6.45, 7) is 1.04. The van der Waals surface area contributed by atoms with Crippen LogP contribution in [0.4, 0.5) is 4.39 Å². The van der Waals surface area contributed by atoms with Crippen molar-refractivity contribution >= 4 is 16.1 Å². The summed E-state index contributed by atoms with van der Waals surface area (Å²) in [5.74, 6) is -1.72. The lowest BCUT2D eigenvalue weighted by atomic mass is 10.1. The molecule has 0 amide bonds. The molecule has 0 atom stereocenters. The first-order chi connectivity index (χ1) is 13.9. The first kappa shape index (κ1) is 20.4. The van der Waals surface area contributed by atoms with Crippen LogP contribution in [-0.4, -0.2) is 48.0 Å². The Labute approximate surface area is 165 Å². The zero-order chi connectivity index (χ0) is 20.9. The van der Waals surface area contributed by atoms with Gasteiger partial charge in [-0.1, -0.05) is 17.7 Å². The molecule has 29 heavy (non-hydrogen) atoms. The van der Waals surface area contributed by atoms with E-state index in [2.05, 4.69) is 20.4 Å². The van der Waals surface area contributed by atoms with Crippen LogP contribution in [-0.2, 0) is 19.0 Å². The van der Waals surface area contributed by atoms with Gasteiger partial charge in [0.25, 0.3) is 10.1 Å². The molecule has 0 unspecified atom stereocenters. The summed E-state index contributed by atoms with van der Waals surface area (Å²) in [4.78, 5) is 12.0. The molecule has 0 saturated carbocycles. The second kappa shape index (κ2) is 8.80. The van der Waals surface area contributed by atoms with E-state index in [-0.39, 0.29) is 28.5 Å². The van der Waals surface area contributed by atoms with E-state index < -0.39 is 28.5 Å². The van der Waals surface area contributed by atoms with E-state index in [1.807, 2.05) is 6.92 Å². The van der Waals surface area contributed by atoms with Crippen molar-refractivity contribution < 1.29 is 26.5 Å². The number of esters is 1. The molecule has 2 aromatic carbocycles. The molecule has 11 heteroatoms. The van der Waals surface area contributed by atoms with Crippen molar-refractivity contribution in [2.75, 3.05) is 13.2 Å². The predicted molar refractivity (Wildman–Crippen MR) is 97.6 cm³/mol. The number of hydrogen-bond acceptors (Lipinski definition) is 9. The average molecular weight is 418 g/mol. The summed E-state index contributed by atoms with van der Waals surface area (Å²) in [6, 6.07) is 9.76. The van der Waals surface area contributed by atoms with Crippen LogP contribution in [0.1, 0.15) is 15.9 Å². The lowest BCUT2D eigenvalue weighted by Crippen LogP contribution is -2.15. The van der Waals surface area contributed by atoms with Gasteiger partial charge in [-0.15, -0.1) is 20.4 Å². The van der Waals surface area contributed by atoms with Crippen molar-refractivity contribution in [3.8, 4) is 11.4 Å². The van der Waals surface area contributed by atoms with Crippen molar-refractivity contribution in [1.82, 2.24) is 20.4 Å². The molecular weight excluding hydrogens is 403 g/mol. The predicted octanol–water partition coefficient (Wildman–Crippen LogP) is 1.94. The SMILES string of the molecule is Cc1ccc(S(=O)(=O)OCCOC(=O)c2ccc(-c3nncnn3)cc2F)cc1. The second-order valence-electron chi connectivity index (χ2n) is 5.79. The summed E-state index contributed by atoms with van der Waals surface area (Å²) in [6.07, 6.45) is 1.13. The molecule has 0 aliphatic heterocycles. The van der Waals surface area contributed by atoms with Crippen molar-refractivity contribution in [3.05, 3.63) is 65.7 Å². The fraction of sp³-hybridized carbons (Fsp3) is 0.167. The van der Waals surface area contributed by atoms with E-state index in [1.165, 1.54) is 24.3 Å². The molecule has 0 radical (unpaired) electrons. The van der Waals surface area contributed by atoms with E-state index in [4.69, 9.17) is 8.92 Å². The Hall–Kier alpha value is -3.31. The maximum atomic E-state index is 14.2. The third-order valence-corrected chi connectivity index (χ3v) is 5.05. The van der Waals surface area contributed by atoms with Gasteiger partial charge in [0.2, 0.25) is 5.82 Å². The van der Waals surface area contributed by atoms with Crippen LogP contribution < -0.4 is 0 Å². The molecule has 0 spiro atoms. The summed E-state index contributed by atoms with van der Waals surface area (Å²) in [5, 5.41) is 14.5. The maximum absolute atomic E-state index is 14.2. The molecule has 0 saturated heterocycles. The van der Waals surface area contributed by atoms with E-state index in [1.54, 1.807) is 12.1 Å². The Kier molecular flexibility index (Phi) is 6.20. The summed E-state index contributed by atoms with van der Waals surface area (Å²) >= 11 is 0. The van der Waals surface area contributed by atoms with Crippen LogP contribution in [0, 0.1) is 12.7 Å². The molecule has 9 nitrogen and oxygen atoms in total. The zero-order valence-electron chi connectivity index (χ0n) is 15.1. The molecule has 1 aromatic heterocycles. The van der Waals surface area contributed by atoms with E-state index in [0.29, 0.717) is 0 Å². The van der Waals surface area contributed by atoms with E-state index in [0.717, 1.165) is 18.0 Å². The minimum absolute atomic E-state index is 0.0110. The van der Waals surface area contributed by atoms with Gasteiger partial charge in [0.15, 0.2) is 6.33 Å². The molecule has 3 rings (SSSR count). The van der Waals surface area contributed by atoms with Gasteiger partial charge in [0, 0.05) is 5.56 Å². The summed E-state index contributed by atoms with van der Waals surface area (Å²) in [5.41, 5.74) is 0.858. The summed E-state index contributed by atoms with van der Waals surface area (Å²) in [7, 11) is -3.98. The van der Waals surface area contributed by atoms with Gasteiger partial charge in [-0.3, -0.25) is 4.18 Å². The normalized spacial score (nSPS) is 11.2. The molecule has 0 aliphatic carbocycles. The van der Waals surface area contributed by atoms with Gasteiger partial charge < -0.3 is 4.74 Å². The van der Waals surface area contributed by atoms with E-state index >= 15 is 0 Å². The molecule has 0 N–H and O–H groups in total. The highest BCUT2D eigenvalue weighted by molar-refractivity contribution is 7.86. The molecule has 0 bridgehead atoms. The van der Waals surface area contributed by atoms with Crippen LogP contribution in [0.25, 0.3) is 11.4 Å². The van der Waals surface area contributed by atoms with Crippen molar-refractivity contribution in [1.29, 1.82) is 0 Å². The molecule has 150 valence electrons. The monoisotopic (exact) mass is 418 g/mol. The van der Waals surface area contributed by atoms with Crippen molar-refractivity contribution in [3.63, 3.8) is 0 Å². The number of halogens is 1. The standard InChI is InChI=1S/C18H15FN4O5S/c1-12-2-5-14(6-3-12)29(25,26)28-9-8-27-18(24)15-7-4-13(10-16(15)19)17-22-20-11-21-23-17/h2-7,10-11H,8-9H2,1H3. The Morgan fingerprint density at radius 1 is 1.03 bits per heavy atom. The third kappa shape index (κ3) is 5.15. The van der Waals surface area contributed by atoms with Crippen LogP contribution >= 0.6 is 0 Å². The molecule has 0 fully saturated rings. The largest absolute Gasteiger partial charge is 0.460 e. The Balaban J connectivity index is 1.56. The minimum Gasteiger partial charge on any atom is -0.460 e. The number of aromatic nitrogens is 4. The number of nitrogens with zero attached hydrogens (tertiary/aromatic N) is 4. The number of benzene rings is 2. The van der Waals surface area contributed by atoms with Crippen molar-refractivity contribution in [2.24, 2.45) is 0 Å². The first-order valence-electron chi connectivity index (χ1n) is 8.30. The zero-order valence-corrected chi connectivity index (χ0v) is 16.0. The third-order valence-electron chi connectivity index (χ3n) is 3.72. The van der Waals surface area contributed by atoms with Gasteiger partial charge in [-0.25, -0.2) is 9.18 Å². The lowest BCUT2D eigenvalue weighted by Gasteiger charge is -2.08. The van der Waals surface area contributed by atoms with Crippen LogP contribution in [0.5, 0.6) is 0 Å². The van der Waals surface area contributed by atoms with Gasteiger partial charge in [0.05, 0.1) is 10.5 Å². The van der Waals surface area contributed by atoms with Gasteiger partial charge >= 0.3 is 5.97 Å².